The number of carbonyl (C=O) groups excluding carboxylic acids is 1. The number of hydrogen-bond donors (Lipinski definition) is 4. The summed E-state index contributed by atoms with van der Waals surface area (Å²) in [6.07, 6.45) is 0.00878. The fourth-order valence-electron chi connectivity index (χ4n) is 2.63. The molecule has 150 valence electrons. The second kappa shape index (κ2) is 9.12. The zero-order chi connectivity index (χ0) is 20.9. The molecule has 9 heteroatoms. The lowest BCUT2D eigenvalue weighted by molar-refractivity contribution is -0.141. The van der Waals surface area contributed by atoms with Crippen LogP contribution in [-0.4, -0.2) is 50.6 Å². The monoisotopic (exact) mass is 406 g/mol. The number of aliphatic carboxylic acids is 1. The van der Waals surface area contributed by atoms with Crippen LogP contribution in [0.4, 0.5) is 0 Å². The maximum Gasteiger partial charge on any atom is 0.403 e. The molecule has 0 fully saturated rings. The average molecular weight is 406 g/mol. The number of likely N-dealkylation sites (N-methyl/N-ethyl adjacent to an activating group) is 1. The molecule has 1 unspecified atom stereocenters. The predicted molar refractivity (Wildman–Crippen MR) is 104 cm³/mol. The van der Waals surface area contributed by atoms with Crippen LogP contribution in [-0.2, 0) is 20.6 Å². The number of carboxylic acids is 1. The summed E-state index contributed by atoms with van der Waals surface area (Å²) in [5.41, 5.74) is 2.67. The summed E-state index contributed by atoms with van der Waals surface area (Å²) in [7, 11) is -3.57. The first-order valence-electron chi connectivity index (χ1n) is 8.56. The van der Waals surface area contributed by atoms with E-state index in [9.17, 15) is 23.9 Å². The number of carboxylic acid groups (broad SMARTS) is 1. The molecule has 0 saturated carbocycles. The molecule has 2 atom stereocenters. The minimum Gasteiger partial charge on any atom is -0.480 e. The Morgan fingerprint density at radius 3 is 2.07 bits per heavy atom. The van der Waals surface area contributed by atoms with E-state index in [0.29, 0.717) is 10.2 Å². The smallest absolute Gasteiger partial charge is 0.403 e. The third-order valence-electron chi connectivity index (χ3n) is 4.38. The Balaban J connectivity index is 2.23. The quantitative estimate of drug-likeness (QED) is 0.493. The van der Waals surface area contributed by atoms with E-state index >= 15 is 0 Å². The van der Waals surface area contributed by atoms with Crippen molar-refractivity contribution in [1.82, 2.24) is 9.99 Å². The number of amides is 1. The first kappa shape index (κ1) is 21.8. The van der Waals surface area contributed by atoms with Crippen molar-refractivity contribution in [2.75, 3.05) is 7.05 Å². The summed E-state index contributed by atoms with van der Waals surface area (Å²) >= 11 is 0. The first-order chi connectivity index (χ1) is 13.1. The standard InChI is InChI=1S/C19H23N2O6P/c1-13(19(23)24)20-18(22)17(21(2)28(25,26)27)12-14-8-10-16(11-9-14)15-6-4-3-5-7-15/h3-11,13,17H,12H2,1-2H3,(H,20,22)(H,23,24)(H2,25,26,27)/t13-,17?/m0/s1. The van der Waals surface area contributed by atoms with Crippen molar-refractivity contribution in [3.05, 3.63) is 60.2 Å². The van der Waals surface area contributed by atoms with Crippen molar-refractivity contribution in [3.63, 3.8) is 0 Å². The zero-order valence-corrected chi connectivity index (χ0v) is 16.4. The van der Waals surface area contributed by atoms with Gasteiger partial charge in [-0.3, -0.25) is 9.59 Å². The molecule has 0 aliphatic carbocycles. The van der Waals surface area contributed by atoms with Crippen LogP contribution >= 0.6 is 7.75 Å². The second-order valence-corrected chi connectivity index (χ2v) is 8.10. The van der Waals surface area contributed by atoms with Gasteiger partial charge in [-0.2, -0.15) is 4.67 Å². The van der Waals surface area contributed by atoms with Crippen LogP contribution in [0, 0.1) is 0 Å². The molecule has 2 aromatic carbocycles. The van der Waals surface area contributed by atoms with Crippen LogP contribution in [0.15, 0.2) is 54.6 Å². The van der Waals surface area contributed by atoms with Gasteiger partial charge in [-0.1, -0.05) is 54.6 Å². The molecule has 2 rings (SSSR count). The molecule has 0 aliphatic heterocycles. The van der Waals surface area contributed by atoms with Crippen molar-refractivity contribution in [3.8, 4) is 11.1 Å². The Labute approximate surface area is 163 Å². The highest BCUT2D eigenvalue weighted by Crippen LogP contribution is 2.40. The molecule has 0 spiro atoms. The van der Waals surface area contributed by atoms with Crippen molar-refractivity contribution in [2.45, 2.75) is 25.4 Å². The van der Waals surface area contributed by atoms with Crippen molar-refractivity contribution < 1.29 is 29.0 Å². The van der Waals surface area contributed by atoms with Gasteiger partial charge in [0, 0.05) is 0 Å². The Morgan fingerprint density at radius 2 is 1.57 bits per heavy atom. The van der Waals surface area contributed by atoms with E-state index in [2.05, 4.69) is 5.32 Å². The summed E-state index contributed by atoms with van der Waals surface area (Å²) in [6, 6.07) is 14.5. The van der Waals surface area contributed by atoms with E-state index in [1.165, 1.54) is 6.92 Å². The SMILES string of the molecule is C[C@H](NC(=O)C(Cc1ccc(-c2ccccc2)cc1)N(C)P(=O)(O)O)C(=O)O. The van der Waals surface area contributed by atoms with Crippen LogP contribution in [0.2, 0.25) is 0 Å². The lowest BCUT2D eigenvalue weighted by Gasteiger charge is -2.28. The van der Waals surface area contributed by atoms with Crippen molar-refractivity contribution in [2.24, 2.45) is 0 Å². The lowest BCUT2D eigenvalue weighted by atomic mass is 10.0. The summed E-state index contributed by atoms with van der Waals surface area (Å²) in [5.74, 6) is -2.01. The number of hydrogen-bond acceptors (Lipinski definition) is 3. The molecular weight excluding hydrogens is 383 g/mol. The van der Waals surface area contributed by atoms with Gasteiger partial charge in [-0.05, 0) is 37.1 Å². The van der Waals surface area contributed by atoms with Gasteiger partial charge in [-0.15, -0.1) is 0 Å². The molecule has 28 heavy (non-hydrogen) atoms. The molecule has 0 heterocycles. The molecule has 0 saturated heterocycles. The molecule has 4 N–H and O–H groups in total. The normalized spacial score (nSPS) is 13.8. The summed E-state index contributed by atoms with van der Waals surface area (Å²) in [5, 5.41) is 11.2. The fourth-order valence-corrected chi connectivity index (χ4v) is 3.18. The van der Waals surface area contributed by atoms with Gasteiger partial charge in [-0.25, -0.2) is 4.57 Å². The van der Waals surface area contributed by atoms with Gasteiger partial charge < -0.3 is 20.2 Å². The molecule has 8 nitrogen and oxygen atoms in total. The lowest BCUT2D eigenvalue weighted by Crippen LogP contribution is -2.49. The third-order valence-corrected chi connectivity index (χ3v) is 5.48. The molecule has 0 aliphatic rings. The number of nitrogens with one attached hydrogen (secondary N) is 1. The predicted octanol–water partition coefficient (Wildman–Crippen LogP) is 1.88. The van der Waals surface area contributed by atoms with Crippen LogP contribution in [0.5, 0.6) is 0 Å². The summed E-state index contributed by atoms with van der Waals surface area (Å²) in [4.78, 5) is 42.4. The molecule has 1 amide bonds. The van der Waals surface area contributed by atoms with Crippen LogP contribution < -0.4 is 5.32 Å². The number of carbonyl (C=O) groups is 2. The maximum atomic E-state index is 12.5. The molecule has 2 aromatic rings. The molecule has 0 bridgehead atoms. The van der Waals surface area contributed by atoms with E-state index in [-0.39, 0.29) is 6.42 Å². The minimum absolute atomic E-state index is 0.00878. The maximum absolute atomic E-state index is 12.5. The fraction of sp³-hybridized carbons (Fsp3) is 0.263. The highest BCUT2D eigenvalue weighted by atomic mass is 31.2. The van der Waals surface area contributed by atoms with Gasteiger partial charge in [0.15, 0.2) is 0 Å². The van der Waals surface area contributed by atoms with E-state index in [4.69, 9.17) is 5.11 Å². The topological polar surface area (TPSA) is 127 Å². The average Bonchev–Trinajstić information content (AvgIpc) is 2.65. The van der Waals surface area contributed by atoms with E-state index < -0.39 is 31.7 Å². The summed E-state index contributed by atoms with van der Waals surface area (Å²) in [6.45, 7) is 1.28. The Hall–Kier alpha value is -2.51. The number of rotatable bonds is 8. The van der Waals surface area contributed by atoms with Gasteiger partial charge in [0.25, 0.3) is 0 Å². The number of nitrogens with zero attached hydrogens (tertiary/aromatic N) is 1. The van der Waals surface area contributed by atoms with Crippen LogP contribution in [0.3, 0.4) is 0 Å². The van der Waals surface area contributed by atoms with E-state index in [1.54, 1.807) is 12.1 Å². The third kappa shape index (κ3) is 5.74. The van der Waals surface area contributed by atoms with Crippen molar-refractivity contribution in [1.29, 1.82) is 0 Å². The first-order valence-corrected chi connectivity index (χ1v) is 10.1. The van der Waals surface area contributed by atoms with Gasteiger partial charge in [0.1, 0.15) is 12.1 Å². The Bertz CT molecular complexity index is 866. The molecule has 0 aromatic heterocycles. The van der Waals surface area contributed by atoms with Gasteiger partial charge in [0.2, 0.25) is 5.91 Å². The highest BCUT2D eigenvalue weighted by Gasteiger charge is 2.35. The van der Waals surface area contributed by atoms with Crippen LogP contribution in [0.25, 0.3) is 11.1 Å². The van der Waals surface area contributed by atoms with Gasteiger partial charge >= 0.3 is 13.7 Å². The van der Waals surface area contributed by atoms with Gasteiger partial charge in [0.05, 0.1) is 0 Å². The minimum atomic E-state index is -4.70. The largest absolute Gasteiger partial charge is 0.480 e. The molecular formula is C19H23N2O6P. The summed E-state index contributed by atoms with van der Waals surface area (Å²) < 4.78 is 12.3. The van der Waals surface area contributed by atoms with Crippen molar-refractivity contribution >= 4 is 19.6 Å². The Morgan fingerprint density at radius 1 is 1.04 bits per heavy atom. The number of benzene rings is 2. The van der Waals surface area contributed by atoms with Crippen LogP contribution in [0.1, 0.15) is 12.5 Å². The molecule has 0 radical (unpaired) electrons. The second-order valence-electron chi connectivity index (χ2n) is 6.44. The Kier molecular flexibility index (Phi) is 7.10. The zero-order valence-electron chi connectivity index (χ0n) is 15.5. The highest BCUT2D eigenvalue weighted by molar-refractivity contribution is 7.49. The van der Waals surface area contributed by atoms with E-state index in [1.807, 2.05) is 42.5 Å². The van der Waals surface area contributed by atoms with E-state index in [0.717, 1.165) is 18.2 Å².